The molecule has 0 spiro atoms. The summed E-state index contributed by atoms with van der Waals surface area (Å²) in [5, 5.41) is 10.3. The Hall–Kier alpha value is -0.820. The van der Waals surface area contributed by atoms with Gasteiger partial charge >= 0.3 is 0 Å². The number of pyridine rings is 1. The summed E-state index contributed by atoms with van der Waals surface area (Å²) >= 11 is 8.27. The summed E-state index contributed by atoms with van der Waals surface area (Å²) in [6.07, 6.45) is -3.01. The first-order valence-electron chi connectivity index (χ1n) is 3.22. The van der Waals surface area contributed by atoms with E-state index in [2.05, 4.69) is 20.9 Å². The second-order valence-corrected chi connectivity index (χ2v) is 3.38. The van der Waals surface area contributed by atoms with Gasteiger partial charge in [0.1, 0.15) is 4.60 Å². The minimum absolute atomic E-state index is 0.0416. The standard InChI is InChI=1S/C6H2BrClF2N2O2/c7-5-2(8)1-3(12(13)14)4(11-5)6(9)10/h1,6H. The van der Waals surface area contributed by atoms with Gasteiger partial charge in [0.05, 0.1) is 9.95 Å². The average molecular weight is 287 g/mol. The minimum atomic E-state index is -3.01. The van der Waals surface area contributed by atoms with Crippen molar-refractivity contribution in [2.45, 2.75) is 6.43 Å². The Kier molecular flexibility index (Phi) is 3.33. The molecule has 76 valence electrons. The number of halogens is 4. The lowest BCUT2D eigenvalue weighted by molar-refractivity contribution is -0.386. The van der Waals surface area contributed by atoms with Crippen LogP contribution in [0.25, 0.3) is 0 Å². The third-order valence-electron chi connectivity index (χ3n) is 1.34. The Bertz CT molecular complexity index is 388. The monoisotopic (exact) mass is 286 g/mol. The molecule has 0 bridgehead atoms. The van der Waals surface area contributed by atoms with Crippen molar-refractivity contribution in [1.82, 2.24) is 4.98 Å². The van der Waals surface area contributed by atoms with Crippen molar-refractivity contribution in [3.05, 3.63) is 31.5 Å². The number of rotatable bonds is 2. The fraction of sp³-hybridized carbons (Fsp3) is 0.167. The van der Waals surface area contributed by atoms with Gasteiger partial charge in [-0.05, 0) is 15.9 Å². The van der Waals surface area contributed by atoms with Gasteiger partial charge in [-0.1, -0.05) is 11.6 Å². The van der Waals surface area contributed by atoms with E-state index in [1.54, 1.807) is 0 Å². The second-order valence-electron chi connectivity index (χ2n) is 2.22. The normalized spacial score (nSPS) is 10.6. The molecule has 0 fully saturated rings. The Morgan fingerprint density at radius 3 is 2.64 bits per heavy atom. The molecule has 4 nitrogen and oxygen atoms in total. The maximum atomic E-state index is 12.3. The minimum Gasteiger partial charge on any atom is -0.258 e. The molecule has 0 saturated heterocycles. The number of aromatic nitrogens is 1. The molecular formula is C6H2BrClF2N2O2. The van der Waals surface area contributed by atoms with Gasteiger partial charge in [-0.3, -0.25) is 10.1 Å². The van der Waals surface area contributed by atoms with Crippen molar-refractivity contribution in [2.75, 3.05) is 0 Å². The van der Waals surface area contributed by atoms with Crippen LogP contribution in [0.5, 0.6) is 0 Å². The molecule has 1 aromatic rings. The maximum absolute atomic E-state index is 12.3. The summed E-state index contributed by atoms with van der Waals surface area (Å²) in [6.45, 7) is 0. The van der Waals surface area contributed by atoms with E-state index < -0.39 is 22.7 Å². The van der Waals surface area contributed by atoms with Crippen LogP contribution in [0, 0.1) is 10.1 Å². The molecule has 0 atom stereocenters. The molecule has 0 aromatic carbocycles. The van der Waals surface area contributed by atoms with E-state index in [4.69, 9.17) is 11.6 Å². The number of nitrogens with zero attached hydrogens (tertiary/aromatic N) is 2. The number of nitro groups is 1. The van der Waals surface area contributed by atoms with E-state index in [0.29, 0.717) is 0 Å². The molecule has 14 heavy (non-hydrogen) atoms. The molecule has 1 aromatic heterocycles. The first kappa shape index (κ1) is 11.3. The highest BCUT2D eigenvalue weighted by molar-refractivity contribution is 9.10. The highest BCUT2D eigenvalue weighted by Gasteiger charge is 2.25. The Morgan fingerprint density at radius 1 is 1.64 bits per heavy atom. The van der Waals surface area contributed by atoms with Gasteiger partial charge in [0.15, 0.2) is 5.69 Å². The topological polar surface area (TPSA) is 56.0 Å². The van der Waals surface area contributed by atoms with Gasteiger partial charge < -0.3 is 0 Å². The van der Waals surface area contributed by atoms with E-state index in [9.17, 15) is 18.9 Å². The molecule has 1 rings (SSSR count). The zero-order chi connectivity index (χ0) is 10.9. The van der Waals surface area contributed by atoms with Crippen molar-refractivity contribution < 1.29 is 13.7 Å². The molecule has 0 amide bonds. The molecule has 0 radical (unpaired) electrons. The van der Waals surface area contributed by atoms with Crippen LogP contribution >= 0.6 is 27.5 Å². The lowest BCUT2D eigenvalue weighted by atomic mass is 10.3. The van der Waals surface area contributed by atoms with Crippen LogP contribution in [0.4, 0.5) is 14.5 Å². The van der Waals surface area contributed by atoms with Crippen molar-refractivity contribution in [3.63, 3.8) is 0 Å². The zero-order valence-electron chi connectivity index (χ0n) is 6.38. The van der Waals surface area contributed by atoms with E-state index in [1.807, 2.05) is 0 Å². The predicted octanol–water partition coefficient (Wildman–Crippen LogP) is 3.34. The molecule has 0 aliphatic carbocycles. The van der Waals surface area contributed by atoms with Crippen molar-refractivity contribution in [3.8, 4) is 0 Å². The summed E-state index contributed by atoms with van der Waals surface area (Å²) in [6, 6.07) is 0.833. The van der Waals surface area contributed by atoms with Crippen LogP contribution in [0.1, 0.15) is 12.1 Å². The fourth-order valence-electron chi connectivity index (χ4n) is 0.777. The average Bonchev–Trinajstić information content (AvgIpc) is 2.08. The summed E-state index contributed by atoms with van der Waals surface area (Å²) in [5.41, 5.74) is -1.68. The van der Waals surface area contributed by atoms with Crippen LogP contribution in [0.2, 0.25) is 5.02 Å². The molecule has 8 heteroatoms. The maximum Gasteiger partial charge on any atom is 0.298 e. The SMILES string of the molecule is O=[N+]([O-])c1cc(Cl)c(Br)nc1C(F)F. The molecule has 0 aliphatic heterocycles. The molecule has 1 heterocycles. The lowest BCUT2D eigenvalue weighted by Gasteiger charge is -2.02. The summed E-state index contributed by atoms with van der Waals surface area (Å²) in [4.78, 5) is 12.7. The van der Waals surface area contributed by atoms with Gasteiger partial charge in [-0.15, -0.1) is 0 Å². The lowest BCUT2D eigenvalue weighted by Crippen LogP contribution is -1.99. The predicted molar refractivity (Wildman–Crippen MR) is 48.6 cm³/mol. The smallest absolute Gasteiger partial charge is 0.258 e. The van der Waals surface area contributed by atoms with E-state index >= 15 is 0 Å². The van der Waals surface area contributed by atoms with Gasteiger partial charge in [0.25, 0.3) is 12.1 Å². The van der Waals surface area contributed by atoms with Gasteiger partial charge in [0, 0.05) is 6.07 Å². The summed E-state index contributed by atoms with van der Waals surface area (Å²) < 4.78 is 24.5. The van der Waals surface area contributed by atoms with Crippen LogP contribution in [0.3, 0.4) is 0 Å². The Labute approximate surface area is 90.2 Å². The third-order valence-corrected chi connectivity index (χ3v) is 2.47. The fourth-order valence-corrected chi connectivity index (χ4v) is 1.23. The number of hydrogen-bond acceptors (Lipinski definition) is 3. The largest absolute Gasteiger partial charge is 0.298 e. The molecule has 0 unspecified atom stereocenters. The highest BCUT2D eigenvalue weighted by Crippen LogP contribution is 2.32. The highest BCUT2D eigenvalue weighted by atomic mass is 79.9. The molecule has 0 N–H and O–H groups in total. The van der Waals surface area contributed by atoms with Crippen LogP contribution in [-0.2, 0) is 0 Å². The summed E-state index contributed by atoms with van der Waals surface area (Å²) in [7, 11) is 0. The Morgan fingerprint density at radius 2 is 2.21 bits per heavy atom. The number of hydrogen-bond donors (Lipinski definition) is 0. The molecule has 0 aliphatic rings. The first-order chi connectivity index (χ1) is 6.43. The molecular weight excluding hydrogens is 285 g/mol. The third kappa shape index (κ3) is 2.16. The van der Waals surface area contributed by atoms with E-state index in [1.165, 1.54) is 0 Å². The van der Waals surface area contributed by atoms with Crippen molar-refractivity contribution >= 4 is 33.2 Å². The van der Waals surface area contributed by atoms with Crippen LogP contribution < -0.4 is 0 Å². The van der Waals surface area contributed by atoms with E-state index in [-0.39, 0.29) is 9.63 Å². The first-order valence-corrected chi connectivity index (χ1v) is 4.39. The zero-order valence-corrected chi connectivity index (χ0v) is 8.72. The Balaban J connectivity index is 3.39. The van der Waals surface area contributed by atoms with Crippen LogP contribution in [0.15, 0.2) is 10.7 Å². The summed E-state index contributed by atoms with van der Waals surface area (Å²) in [5.74, 6) is 0. The van der Waals surface area contributed by atoms with Gasteiger partial charge in [-0.2, -0.15) is 0 Å². The quantitative estimate of drug-likeness (QED) is 0.476. The second kappa shape index (κ2) is 4.14. The van der Waals surface area contributed by atoms with E-state index in [0.717, 1.165) is 6.07 Å². The van der Waals surface area contributed by atoms with Gasteiger partial charge in [-0.25, -0.2) is 13.8 Å². The van der Waals surface area contributed by atoms with Crippen LogP contribution in [-0.4, -0.2) is 9.91 Å². The molecule has 0 saturated carbocycles. The van der Waals surface area contributed by atoms with Crippen molar-refractivity contribution in [2.24, 2.45) is 0 Å². The number of alkyl halides is 2. The van der Waals surface area contributed by atoms with Crippen molar-refractivity contribution in [1.29, 1.82) is 0 Å². The van der Waals surface area contributed by atoms with Gasteiger partial charge in [0.2, 0.25) is 0 Å².